The van der Waals surface area contributed by atoms with E-state index in [2.05, 4.69) is 34.2 Å². The molecule has 0 saturated carbocycles. The maximum atomic E-state index is 4.30. The van der Waals surface area contributed by atoms with Crippen LogP contribution in [0.25, 0.3) is 0 Å². The molecule has 0 amide bonds. The van der Waals surface area contributed by atoms with Gasteiger partial charge >= 0.3 is 0 Å². The van der Waals surface area contributed by atoms with Crippen molar-refractivity contribution in [2.75, 3.05) is 25.5 Å². The van der Waals surface area contributed by atoms with E-state index in [1.807, 2.05) is 19.3 Å². The van der Waals surface area contributed by atoms with Gasteiger partial charge in [0, 0.05) is 31.0 Å². The molecule has 0 unspecified atom stereocenters. The topological polar surface area (TPSA) is 41.1 Å². The first kappa shape index (κ1) is 11.3. The molecule has 2 rings (SSSR count). The number of likely N-dealkylation sites (tertiary alicyclic amines) is 1. The molecular formula is C12H20N4. The van der Waals surface area contributed by atoms with Crippen molar-refractivity contribution in [3.05, 3.63) is 18.0 Å². The van der Waals surface area contributed by atoms with Crippen LogP contribution in [0.5, 0.6) is 0 Å². The predicted octanol–water partition coefficient (Wildman–Crippen LogP) is 1.68. The molecule has 0 spiro atoms. The number of hydrogen-bond donors (Lipinski definition) is 1. The van der Waals surface area contributed by atoms with Gasteiger partial charge in [-0.3, -0.25) is 0 Å². The zero-order valence-corrected chi connectivity index (χ0v) is 10.3. The predicted molar refractivity (Wildman–Crippen MR) is 65.5 cm³/mol. The summed E-state index contributed by atoms with van der Waals surface area (Å²) < 4.78 is 0. The van der Waals surface area contributed by atoms with Gasteiger partial charge in [0.25, 0.3) is 0 Å². The molecule has 4 nitrogen and oxygen atoms in total. The summed E-state index contributed by atoms with van der Waals surface area (Å²) in [5.41, 5.74) is 1.24. The van der Waals surface area contributed by atoms with Gasteiger partial charge in [0.2, 0.25) is 5.95 Å². The highest BCUT2D eigenvalue weighted by atomic mass is 15.2. The first-order valence-corrected chi connectivity index (χ1v) is 5.83. The molecule has 16 heavy (non-hydrogen) atoms. The van der Waals surface area contributed by atoms with Gasteiger partial charge in [0.1, 0.15) is 0 Å². The highest BCUT2D eigenvalue weighted by Gasteiger charge is 2.29. The number of rotatable bonds is 2. The second-order valence-electron chi connectivity index (χ2n) is 5.07. The molecule has 0 bridgehead atoms. The summed E-state index contributed by atoms with van der Waals surface area (Å²) in [6.07, 6.45) is 5.99. The van der Waals surface area contributed by atoms with E-state index in [0.29, 0.717) is 0 Å². The maximum Gasteiger partial charge on any atom is 0.223 e. The van der Waals surface area contributed by atoms with Crippen LogP contribution in [0.15, 0.2) is 12.4 Å². The Bertz CT molecular complexity index is 339. The fourth-order valence-electron chi connectivity index (χ4n) is 1.96. The third kappa shape index (κ3) is 2.70. The Balaban J connectivity index is 2.00. The molecule has 88 valence electrons. The Labute approximate surface area is 97.1 Å². The first-order valence-electron chi connectivity index (χ1n) is 5.83. The third-order valence-corrected chi connectivity index (χ3v) is 3.29. The molecule has 1 fully saturated rings. The van der Waals surface area contributed by atoms with Crippen molar-refractivity contribution in [2.24, 2.45) is 0 Å². The second-order valence-corrected chi connectivity index (χ2v) is 5.07. The normalized spacial score (nSPS) is 20.7. The van der Waals surface area contributed by atoms with E-state index < -0.39 is 0 Å². The lowest BCUT2D eigenvalue weighted by molar-refractivity contribution is 0.215. The van der Waals surface area contributed by atoms with Crippen LogP contribution in [0, 0.1) is 6.92 Å². The van der Waals surface area contributed by atoms with Gasteiger partial charge in [0.15, 0.2) is 0 Å². The summed E-state index contributed by atoms with van der Waals surface area (Å²) in [4.78, 5) is 11.0. The van der Waals surface area contributed by atoms with Crippen molar-refractivity contribution in [2.45, 2.75) is 32.2 Å². The summed E-state index contributed by atoms with van der Waals surface area (Å²) in [6, 6.07) is 0. The standard InChI is InChI=1S/C12H20N4/c1-10-8-13-11(14-9-10)15-12(2)4-6-16(3)7-5-12/h8-9H,4-7H2,1-3H3,(H,13,14,15). The van der Waals surface area contributed by atoms with E-state index in [1.165, 1.54) is 0 Å². The van der Waals surface area contributed by atoms with Gasteiger partial charge < -0.3 is 10.2 Å². The average Bonchev–Trinajstić information content (AvgIpc) is 2.27. The van der Waals surface area contributed by atoms with Crippen molar-refractivity contribution < 1.29 is 0 Å². The van der Waals surface area contributed by atoms with Gasteiger partial charge in [-0.25, -0.2) is 9.97 Å². The van der Waals surface area contributed by atoms with Crippen LogP contribution in [0.2, 0.25) is 0 Å². The van der Waals surface area contributed by atoms with E-state index in [-0.39, 0.29) is 5.54 Å². The largest absolute Gasteiger partial charge is 0.349 e. The Morgan fingerprint density at radius 3 is 2.38 bits per heavy atom. The summed E-state index contributed by atoms with van der Waals surface area (Å²) in [6.45, 7) is 6.52. The Morgan fingerprint density at radius 1 is 1.25 bits per heavy atom. The lowest BCUT2D eigenvalue weighted by atomic mass is 9.90. The Hall–Kier alpha value is -1.16. The fraction of sp³-hybridized carbons (Fsp3) is 0.667. The zero-order chi connectivity index (χ0) is 11.6. The molecule has 1 aromatic rings. The molecule has 1 saturated heterocycles. The monoisotopic (exact) mass is 220 g/mol. The molecule has 1 aliphatic heterocycles. The van der Waals surface area contributed by atoms with Crippen LogP contribution in [0.3, 0.4) is 0 Å². The quantitative estimate of drug-likeness (QED) is 0.823. The minimum Gasteiger partial charge on any atom is -0.349 e. The van der Waals surface area contributed by atoms with Crippen LogP contribution in [0.4, 0.5) is 5.95 Å². The summed E-state index contributed by atoms with van der Waals surface area (Å²) in [7, 11) is 2.17. The highest BCUT2D eigenvalue weighted by Crippen LogP contribution is 2.24. The molecule has 4 heteroatoms. The third-order valence-electron chi connectivity index (χ3n) is 3.29. The molecule has 0 atom stereocenters. The highest BCUT2D eigenvalue weighted by molar-refractivity contribution is 5.29. The van der Waals surface area contributed by atoms with E-state index >= 15 is 0 Å². The van der Waals surface area contributed by atoms with Crippen LogP contribution in [-0.4, -0.2) is 40.5 Å². The zero-order valence-electron chi connectivity index (χ0n) is 10.3. The number of hydrogen-bond acceptors (Lipinski definition) is 4. The van der Waals surface area contributed by atoms with Crippen molar-refractivity contribution in [1.82, 2.24) is 14.9 Å². The number of nitrogens with zero attached hydrogens (tertiary/aromatic N) is 3. The minimum absolute atomic E-state index is 0.141. The SMILES string of the molecule is Cc1cnc(NC2(C)CCN(C)CC2)nc1. The van der Waals surface area contributed by atoms with Crippen molar-refractivity contribution in [3.63, 3.8) is 0 Å². The lowest BCUT2D eigenvalue weighted by Gasteiger charge is -2.38. The van der Waals surface area contributed by atoms with Gasteiger partial charge in [-0.1, -0.05) is 0 Å². The van der Waals surface area contributed by atoms with Crippen LogP contribution >= 0.6 is 0 Å². The molecule has 1 aliphatic rings. The molecule has 1 aromatic heterocycles. The van der Waals surface area contributed by atoms with Gasteiger partial charge in [-0.2, -0.15) is 0 Å². The average molecular weight is 220 g/mol. The molecule has 2 heterocycles. The van der Waals surface area contributed by atoms with Crippen LogP contribution < -0.4 is 5.32 Å². The lowest BCUT2D eigenvalue weighted by Crippen LogP contribution is -2.46. The molecule has 0 aromatic carbocycles. The Morgan fingerprint density at radius 2 is 1.81 bits per heavy atom. The van der Waals surface area contributed by atoms with Gasteiger partial charge in [0.05, 0.1) is 0 Å². The fourth-order valence-corrected chi connectivity index (χ4v) is 1.96. The molecule has 0 aliphatic carbocycles. The van der Waals surface area contributed by atoms with Gasteiger partial charge in [-0.15, -0.1) is 0 Å². The molecule has 1 N–H and O–H groups in total. The molecular weight excluding hydrogens is 200 g/mol. The number of nitrogens with one attached hydrogen (secondary N) is 1. The molecule has 0 radical (unpaired) electrons. The summed E-state index contributed by atoms with van der Waals surface area (Å²) in [5.74, 6) is 0.748. The van der Waals surface area contributed by atoms with E-state index in [4.69, 9.17) is 0 Å². The number of anilines is 1. The summed E-state index contributed by atoms with van der Waals surface area (Å²) >= 11 is 0. The summed E-state index contributed by atoms with van der Waals surface area (Å²) in [5, 5.41) is 3.46. The maximum absolute atomic E-state index is 4.30. The van der Waals surface area contributed by atoms with Crippen molar-refractivity contribution >= 4 is 5.95 Å². The van der Waals surface area contributed by atoms with E-state index in [0.717, 1.165) is 37.4 Å². The van der Waals surface area contributed by atoms with Gasteiger partial charge in [-0.05, 0) is 39.3 Å². The van der Waals surface area contributed by atoms with Crippen LogP contribution in [0.1, 0.15) is 25.3 Å². The van der Waals surface area contributed by atoms with E-state index in [1.54, 1.807) is 0 Å². The smallest absolute Gasteiger partial charge is 0.223 e. The van der Waals surface area contributed by atoms with Crippen molar-refractivity contribution in [1.29, 1.82) is 0 Å². The Kier molecular flexibility index (Phi) is 3.10. The first-order chi connectivity index (χ1) is 7.57. The number of aryl methyl sites for hydroxylation is 1. The van der Waals surface area contributed by atoms with Crippen molar-refractivity contribution in [3.8, 4) is 0 Å². The van der Waals surface area contributed by atoms with Crippen LogP contribution in [-0.2, 0) is 0 Å². The number of aromatic nitrogens is 2. The number of piperidine rings is 1. The van der Waals surface area contributed by atoms with E-state index in [9.17, 15) is 0 Å². The second kappa shape index (κ2) is 4.37. The minimum atomic E-state index is 0.141.